The fourth-order valence-corrected chi connectivity index (χ4v) is 4.28. The highest BCUT2D eigenvalue weighted by Gasteiger charge is 2.27. The number of hydrogen-bond donors (Lipinski definition) is 1. The van der Waals surface area contributed by atoms with Gasteiger partial charge in [-0.15, -0.1) is 0 Å². The van der Waals surface area contributed by atoms with E-state index in [1.807, 2.05) is 49.4 Å². The Balaban J connectivity index is 1.53. The van der Waals surface area contributed by atoms with Crippen LogP contribution in [0.25, 0.3) is 11.3 Å². The Morgan fingerprint density at radius 3 is 2.52 bits per heavy atom. The molecular weight excluding hydrogens is 418 g/mol. The van der Waals surface area contributed by atoms with E-state index in [-0.39, 0.29) is 17.6 Å². The van der Waals surface area contributed by atoms with Gasteiger partial charge in [0.25, 0.3) is 5.91 Å². The number of likely N-dealkylation sites (tertiary alicyclic amines) is 1. The summed E-state index contributed by atoms with van der Waals surface area (Å²) in [7, 11) is 3.32. The van der Waals surface area contributed by atoms with E-state index in [9.17, 15) is 4.79 Å². The lowest BCUT2D eigenvalue weighted by atomic mass is 10.00. The number of carbonyl (C=O) groups is 1. The van der Waals surface area contributed by atoms with Gasteiger partial charge < -0.3 is 19.3 Å². The first kappa shape index (κ1) is 22.9. The van der Waals surface area contributed by atoms with E-state index in [1.165, 1.54) is 6.42 Å². The van der Waals surface area contributed by atoms with Crippen LogP contribution in [-0.2, 0) is 0 Å². The molecule has 174 valence electrons. The number of nitrogens with one attached hydrogen (secondary N) is 1. The number of ether oxygens (including phenoxy) is 2. The fourth-order valence-electron chi connectivity index (χ4n) is 4.28. The third kappa shape index (κ3) is 5.37. The molecule has 1 saturated heterocycles. The first-order chi connectivity index (χ1) is 16.1. The molecule has 2 aromatic carbocycles. The van der Waals surface area contributed by atoms with Gasteiger partial charge in [-0.3, -0.25) is 9.69 Å². The summed E-state index contributed by atoms with van der Waals surface area (Å²) >= 11 is 0. The van der Waals surface area contributed by atoms with Crippen LogP contribution in [0, 0.1) is 6.92 Å². The Hall–Kier alpha value is -3.32. The number of hydrogen-bond acceptors (Lipinski definition) is 6. The van der Waals surface area contributed by atoms with Crippen LogP contribution < -0.4 is 14.8 Å². The summed E-state index contributed by atoms with van der Waals surface area (Å²) in [4.78, 5) is 15.3. The predicted molar refractivity (Wildman–Crippen MR) is 127 cm³/mol. The predicted octanol–water partition coefficient (Wildman–Crippen LogP) is 4.62. The second kappa shape index (κ2) is 10.5. The van der Waals surface area contributed by atoms with E-state index in [4.69, 9.17) is 14.0 Å². The van der Waals surface area contributed by atoms with Crippen molar-refractivity contribution in [2.75, 3.05) is 33.9 Å². The molecule has 1 amide bonds. The Kier molecular flexibility index (Phi) is 7.29. The van der Waals surface area contributed by atoms with Gasteiger partial charge in [0.05, 0.1) is 20.3 Å². The maximum Gasteiger partial charge on any atom is 0.273 e. The summed E-state index contributed by atoms with van der Waals surface area (Å²) in [5, 5.41) is 7.05. The lowest BCUT2D eigenvalue weighted by Crippen LogP contribution is -2.40. The zero-order chi connectivity index (χ0) is 23.2. The molecule has 1 N–H and O–H groups in total. The zero-order valence-corrected chi connectivity index (χ0v) is 19.5. The van der Waals surface area contributed by atoms with Crippen LogP contribution in [0.15, 0.2) is 53.1 Å². The van der Waals surface area contributed by atoms with E-state index in [2.05, 4.69) is 15.4 Å². The Morgan fingerprint density at radius 1 is 1.06 bits per heavy atom. The number of aromatic nitrogens is 1. The molecule has 3 aromatic rings. The number of rotatable bonds is 8. The number of amides is 1. The monoisotopic (exact) mass is 449 g/mol. The quantitative estimate of drug-likeness (QED) is 0.541. The number of nitrogens with zero attached hydrogens (tertiary/aromatic N) is 2. The standard InChI is InChI=1S/C26H31N3O4/c1-18-7-9-19(10-8-18)25-16-22(28-33-25)26(30)27-17-23(29-13-5-4-6-14-29)21-15-20(31-2)11-12-24(21)32-3/h7-12,15-16,23H,4-6,13-14,17H2,1-3H3,(H,27,30)/t23-/m1/s1. The van der Waals surface area contributed by atoms with Crippen molar-refractivity contribution < 1.29 is 18.8 Å². The molecule has 0 bridgehead atoms. The highest BCUT2D eigenvalue weighted by Crippen LogP contribution is 2.34. The van der Waals surface area contributed by atoms with Crippen molar-refractivity contribution in [2.45, 2.75) is 32.2 Å². The van der Waals surface area contributed by atoms with Crippen molar-refractivity contribution in [1.82, 2.24) is 15.4 Å². The number of carbonyl (C=O) groups excluding carboxylic acids is 1. The molecule has 0 spiro atoms. The van der Waals surface area contributed by atoms with Crippen LogP contribution in [0.5, 0.6) is 11.5 Å². The molecule has 7 nitrogen and oxygen atoms in total. The minimum Gasteiger partial charge on any atom is -0.497 e. The molecule has 0 radical (unpaired) electrons. The van der Waals surface area contributed by atoms with Gasteiger partial charge in [-0.2, -0.15) is 0 Å². The van der Waals surface area contributed by atoms with E-state index in [1.54, 1.807) is 20.3 Å². The summed E-state index contributed by atoms with van der Waals surface area (Å²) < 4.78 is 16.5. The molecule has 1 aliphatic rings. The van der Waals surface area contributed by atoms with E-state index in [0.717, 1.165) is 54.1 Å². The van der Waals surface area contributed by atoms with Crippen LogP contribution >= 0.6 is 0 Å². The van der Waals surface area contributed by atoms with Crippen molar-refractivity contribution in [3.63, 3.8) is 0 Å². The van der Waals surface area contributed by atoms with Gasteiger partial charge in [-0.05, 0) is 51.1 Å². The molecule has 1 atom stereocenters. The Morgan fingerprint density at radius 2 is 1.82 bits per heavy atom. The average Bonchev–Trinajstić information content (AvgIpc) is 3.35. The van der Waals surface area contributed by atoms with E-state index >= 15 is 0 Å². The van der Waals surface area contributed by atoms with Crippen molar-refractivity contribution in [2.24, 2.45) is 0 Å². The van der Waals surface area contributed by atoms with Crippen LogP contribution in [0.3, 0.4) is 0 Å². The smallest absolute Gasteiger partial charge is 0.273 e. The SMILES string of the molecule is COc1ccc(OC)c([C@@H](CNC(=O)c2cc(-c3ccc(C)cc3)on2)N2CCCCC2)c1. The summed E-state index contributed by atoms with van der Waals surface area (Å²) in [6, 6.07) is 15.4. The van der Waals surface area contributed by atoms with Crippen molar-refractivity contribution in [3.8, 4) is 22.8 Å². The lowest BCUT2D eigenvalue weighted by Gasteiger charge is -2.35. The van der Waals surface area contributed by atoms with E-state index in [0.29, 0.717) is 12.3 Å². The average molecular weight is 450 g/mol. The molecule has 0 unspecified atom stereocenters. The second-order valence-electron chi connectivity index (χ2n) is 8.37. The van der Waals surface area contributed by atoms with E-state index < -0.39 is 0 Å². The zero-order valence-electron chi connectivity index (χ0n) is 19.5. The van der Waals surface area contributed by atoms with Gasteiger partial charge in [0.2, 0.25) is 0 Å². The number of methoxy groups -OCH3 is 2. The number of piperidine rings is 1. The normalized spacial score (nSPS) is 15.1. The molecule has 7 heteroatoms. The summed E-state index contributed by atoms with van der Waals surface area (Å²) in [6.07, 6.45) is 3.51. The van der Waals surface area contributed by atoms with Gasteiger partial charge >= 0.3 is 0 Å². The van der Waals surface area contributed by atoms with Gasteiger partial charge in [0, 0.05) is 23.7 Å². The van der Waals surface area contributed by atoms with Crippen molar-refractivity contribution in [1.29, 1.82) is 0 Å². The Labute approximate surface area is 194 Å². The highest BCUT2D eigenvalue weighted by molar-refractivity contribution is 5.93. The van der Waals surface area contributed by atoms with Gasteiger partial charge in [-0.1, -0.05) is 41.4 Å². The van der Waals surface area contributed by atoms with Gasteiger partial charge in [0.1, 0.15) is 11.5 Å². The first-order valence-corrected chi connectivity index (χ1v) is 11.4. The molecule has 0 saturated carbocycles. The second-order valence-corrected chi connectivity index (χ2v) is 8.37. The summed E-state index contributed by atoms with van der Waals surface area (Å²) in [5.74, 6) is 1.85. The molecular formula is C26H31N3O4. The third-order valence-electron chi connectivity index (χ3n) is 6.16. The van der Waals surface area contributed by atoms with Crippen molar-refractivity contribution in [3.05, 3.63) is 65.4 Å². The lowest BCUT2D eigenvalue weighted by molar-refractivity contribution is 0.0914. The Bertz CT molecular complexity index is 1070. The van der Waals surface area contributed by atoms with Crippen LogP contribution in [0.1, 0.15) is 46.9 Å². The number of aryl methyl sites for hydroxylation is 1. The minimum atomic E-state index is -0.263. The first-order valence-electron chi connectivity index (χ1n) is 11.4. The van der Waals surface area contributed by atoms with Gasteiger partial charge in [0.15, 0.2) is 11.5 Å². The topological polar surface area (TPSA) is 76.8 Å². The molecule has 33 heavy (non-hydrogen) atoms. The molecule has 0 aliphatic carbocycles. The molecule has 2 heterocycles. The van der Waals surface area contributed by atoms with Crippen LogP contribution in [0.2, 0.25) is 0 Å². The molecule has 4 rings (SSSR count). The molecule has 1 aromatic heterocycles. The summed E-state index contributed by atoms with van der Waals surface area (Å²) in [6.45, 7) is 4.40. The maximum atomic E-state index is 12.9. The summed E-state index contributed by atoms with van der Waals surface area (Å²) in [5.41, 5.74) is 3.31. The molecule has 1 fully saturated rings. The third-order valence-corrected chi connectivity index (χ3v) is 6.16. The minimum absolute atomic E-state index is 0.0391. The largest absolute Gasteiger partial charge is 0.497 e. The van der Waals surface area contributed by atoms with Crippen molar-refractivity contribution >= 4 is 5.91 Å². The maximum absolute atomic E-state index is 12.9. The highest BCUT2D eigenvalue weighted by atomic mass is 16.5. The van der Waals surface area contributed by atoms with Gasteiger partial charge in [-0.25, -0.2) is 0 Å². The number of benzene rings is 2. The van der Waals surface area contributed by atoms with Crippen LogP contribution in [0.4, 0.5) is 0 Å². The fraction of sp³-hybridized carbons (Fsp3) is 0.385. The molecule has 1 aliphatic heterocycles. The van der Waals surface area contributed by atoms with Crippen LogP contribution in [-0.4, -0.2) is 49.8 Å².